The molecule has 0 spiro atoms. The van der Waals surface area contributed by atoms with Crippen molar-refractivity contribution in [2.45, 2.75) is 18.3 Å². The van der Waals surface area contributed by atoms with E-state index in [0.29, 0.717) is 6.54 Å². The molecule has 1 aromatic rings. The van der Waals surface area contributed by atoms with Crippen molar-refractivity contribution in [2.75, 3.05) is 20.4 Å². The number of hydrogen-bond acceptors (Lipinski definition) is 4. The van der Waals surface area contributed by atoms with Crippen molar-refractivity contribution in [1.82, 2.24) is 0 Å². The number of benzene rings is 1. The number of rotatable bonds is 3. The lowest BCUT2D eigenvalue weighted by Gasteiger charge is -2.17. The van der Waals surface area contributed by atoms with E-state index in [-0.39, 0.29) is 12.2 Å². The third-order valence-electron chi connectivity index (χ3n) is 3.51. The molecule has 0 aromatic heterocycles. The zero-order valence-corrected chi connectivity index (χ0v) is 9.29. The minimum absolute atomic E-state index is 0.103. The normalized spacial score (nSPS) is 19.6. The van der Waals surface area contributed by atoms with Crippen LogP contribution in [0.5, 0.6) is 17.2 Å². The van der Waals surface area contributed by atoms with Crippen LogP contribution in [0, 0.1) is 0 Å². The second-order valence-corrected chi connectivity index (χ2v) is 4.36. The summed E-state index contributed by atoms with van der Waals surface area (Å²) in [6.45, 7) is 0.924. The Morgan fingerprint density at radius 1 is 1.38 bits per heavy atom. The summed E-state index contributed by atoms with van der Waals surface area (Å²) in [5, 5.41) is 0. The molecule has 0 unspecified atom stereocenters. The maximum Gasteiger partial charge on any atom is 0.231 e. The van der Waals surface area contributed by atoms with E-state index in [9.17, 15) is 0 Å². The van der Waals surface area contributed by atoms with Crippen LogP contribution >= 0.6 is 0 Å². The van der Waals surface area contributed by atoms with Gasteiger partial charge in [-0.05, 0) is 18.9 Å². The Labute approximate surface area is 94.3 Å². The molecule has 1 heterocycles. The van der Waals surface area contributed by atoms with Crippen molar-refractivity contribution in [3.63, 3.8) is 0 Å². The van der Waals surface area contributed by atoms with Crippen molar-refractivity contribution in [2.24, 2.45) is 5.73 Å². The maximum atomic E-state index is 5.84. The average Bonchev–Trinajstić information content (AvgIpc) is 2.98. The molecule has 2 N–H and O–H groups in total. The third-order valence-corrected chi connectivity index (χ3v) is 3.51. The molecule has 1 aliphatic heterocycles. The summed E-state index contributed by atoms with van der Waals surface area (Å²) in [7, 11) is 1.66. The lowest BCUT2D eigenvalue weighted by molar-refractivity contribution is 0.171. The molecule has 0 radical (unpaired) electrons. The van der Waals surface area contributed by atoms with E-state index < -0.39 is 0 Å². The Hall–Kier alpha value is -1.42. The predicted octanol–water partition coefficient (Wildman–Crippen LogP) is 1.41. The molecular formula is C12H15NO3. The second-order valence-electron chi connectivity index (χ2n) is 4.36. The first kappa shape index (κ1) is 9.78. The van der Waals surface area contributed by atoms with Crippen LogP contribution in [0.25, 0.3) is 0 Å². The summed E-state index contributed by atoms with van der Waals surface area (Å²) in [4.78, 5) is 0. The third kappa shape index (κ3) is 1.19. The number of methoxy groups -OCH3 is 1. The van der Waals surface area contributed by atoms with Gasteiger partial charge in [-0.2, -0.15) is 0 Å². The molecule has 1 aliphatic carbocycles. The molecule has 86 valence electrons. The van der Waals surface area contributed by atoms with Gasteiger partial charge in [0, 0.05) is 17.5 Å². The fourth-order valence-corrected chi connectivity index (χ4v) is 2.30. The summed E-state index contributed by atoms with van der Waals surface area (Å²) in [6, 6.07) is 3.99. The smallest absolute Gasteiger partial charge is 0.231 e. The monoisotopic (exact) mass is 221 g/mol. The van der Waals surface area contributed by atoms with Crippen LogP contribution in [0.1, 0.15) is 18.4 Å². The van der Waals surface area contributed by atoms with E-state index in [2.05, 4.69) is 0 Å². The molecule has 0 amide bonds. The van der Waals surface area contributed by atoms with E-state index in [1.807, 2.05) is 12.1 Å². The van der Waals surface area contributed by atoms with Crippen molar-refractivity contribution < 1.29 is 14.2 Å². The Balaban J connectivity index is 2.12. The van der Waals surface area contributed by atoms with Crippen molar-refractivity contribution in [1.29, 1.82) is 0 Å². The maximum absolute atomic E-state index is 5.84. The highest BCUT2D eigenvalue weighted by Gasteiger charge is 2.46. The number of nitrogens with two attached hydrogens (primary N) is 1. The lowest BCUT2D eigenvalue weighted by atomic mass is 9.94. The summed E-state index contributed by atoms with van der Waals surface area (Å²) in [5.74, 6) is 2.27. The van der Waals surface area contributed by atoms with E-state index >= 15 is 0 Å². The molecule has 3 rings (SSSR count). The topological polar surface area (TPSA) is 53.7 Å². The molecule has 16 heavy (non-hydrogen) atoms. The van der Waals surface area contributed by atoms with Gasteiger partial charge in [-0.1, -0.05) is 6.07 Å². The van der Waals surface area contributed by atoms with Gasteiger partial charge in [0.1, 0.15) is 0 Å². The summed E-state index contributed by atoms with van der Waals surface area (Å²) in [5.41, 5.74) is 7.10. The van der Waals surface area contributed by atoms with E-state index in [1.165, 1.54) is 0 Å². The van der Waals surface area contributed by atoms with Gasteiger partial charge < -0.3 is 19.9 Å². The SMILES string of the molecule is COc1c(C2(CN)CC2)ccc2c1OCO2. The van der Waals surface area contributed by atoms with Crippen molar-refractivity contribution in [3.05, 3.63) is 17.7 Å². The first-order chi connectivity index (χ1) is 7.80. The number of fused-ring (bicyclic) bond motifs is 1. The fraction of sp³-hybridized carbons (Fsp3) is 0.500. The van der Waals surface area contributed by atoms with Gasteiger partial charge in [-0.3, -0.25) is 0 Å². The van der Waals surface area contributed by atoms with E-state index in [0.717, 1.165) is 35.7 Å². The average molecular weight is 221 g/mol. The molecule has 0 bridgehead atoms. The molecule has 4 nitrogen and oxygen atoms in total. The van der Waals surface area contributed by atoms with Crippen LogP contribution in [0.4, 0.5) is 0 Å². The molecule has 1 saturated carbocycles. The van der Waals surface area contributed by atoms with Crippen LogP contribution in [0.2, 0.25) is 0 Å². The van der Waals surface area contributed by atoms with Crippen LogP contribution in [-0.4, -0.2) is 20.4 Å². The minimum atomic E-state index is 0.103. The predicted molar refractivity (Wildman–Crippen MR) is 59.1 cm³/mol. The van der Waals surface area contributed by atoms with Gasteiger partial charge in [-0.25, -0.2) is 0 Å². The highest BCUT2D eigenvalue weighted by atomic mass is 16.7. The molecule has 1 aromatic carbocycles. The van der Waals surface area contributed by atoms with Gasteiger partial charge in [0.05, 0.1) is 7.11 Å². The van der Waals surface area contributed by atoms with Gasteiger partial charge in [0.2, 0.25) is 12.5 Å². The fourth-order valence-electron chi connectivity index (χ4n) is 2.30. The molecule has 4 heteroatoms. The highest BCUT2D eigenvalue weighted by molar-refractivity contribution is 5.60. The Kier molecular flexibility index (Phi) is 2.01. The molecule has 1 fully saturated rings. The minimum Gasteiger partial charge on any atom is -0.492 e. The quantitative estimate of drug-likeness (QED) is 0.838. The molecule has 0 saturated heterocycles. The first-order valence-electron chi connectivity index (χ1n) is 5.48. The molecule has 0 atom stereocenters. The van der Waals surface area contributed by atoms with Gasteiger partial charge in [-0.15, -0.1) is 0 Å². The van der Waals surface area contributed by atoms with E-state index in [4.69, 9.17) is 19.9 Å². The van der Waals surface area contributed by atoms with E-state index in [1.54, 1.807) is 7.11 Å². The lowest BCUT2D eigenvalue weighted by Crippen LogP contribution is -2.20. The highest BCUT2D eigenvalue weighted by Crippen LogP contribution is 2.55. The second kappa shape index (κ2) is 3.28. The number of ether oxygens (including phenoxy) is 3. The summed E-state index contributed by atoms with van der Waals surface area (Å²) in [6.07, 6.45) is 2.25. The zero-order valence-electron chi connectivity index (χ0n) is 9.29. The van der Waals surface area contributed by atoms with Gasteiger partial charge in [0.15, 0.2) is 11.5 Å². The molecular weight excluding hydrogens is 206 g/mol. The van der Waals surface area contributed by atoms with Crippen molar-refractivity contribution >= 4 is 0 Å². The summed E-state index contributed by atoms with van der Waals surface area (Å²) >= 11 is 0. The summed E-state index contributed by atoms with van der Waals surface area (Å²) < 4.78 is 16.2. The largest absolute Gasteiger partial charge is 0.492 e. The van der Waals surface area contributed by atoms with Crippen molar-refractivity contribution in [3.8, 4) is 17.2 Å². The standard InChI is InChI=1S/C12H15NO3/c1-14-10-8(12(6-13)4-5-12)2-3-9-11(10)16-7-15-9/h2-3H,4-7,13H2,1H3. The van der Waals surface area contributed by atoms with Crippen LogP contribution in [0.15, 0.2) is 12.1 Å². The van der Waals surface area contributed by atoms with Crippen LogP contribution in [-0.2, 0) is 5.41 Å². The molecule has 2 aliphatic rings. The van der Waals surface area contributed by atoms with Gasteiger partial charge >= 0.3 is 0 Å². The first-order valence-corrected chi connectivity index (χ1v) is 5.48. The zero-order chi connectivity index (χ0) is 11.2. The van der Waals surface area contributed by atoms with Gasteiger partial charge in [0.25, 0.3) is 0 Å². The number of hydrogen-bond donors (Lipinski definition) is 1. The Morgan fingerprint density at radius 2 is 2.19 bits per heavy atom. The van der Waals surface area contributed by atoms with Crippen LogP contribution in [0.3, 0.4) is 0 Å². The Morgan fingerprint density at radius 3 is 2.81 bits per heavy atom. The Bertz CT molecular complexity index is 427. The van der Waals surface area contributed by atoms with Crippen LogP contribution < -0.4 is 19.9 Å².